The molecule has 2 rings (SSSR count). The topological polar surface area (TPSA) is 61.4 Å². The van der Waals surface area contributed by atoms with Crippen LogP contribution in [0.25, 0.3) is 0 Å². The Hall–Kier alpha value is -1.11. The molecule has 0 atom stereocenters. The molecule has 1 saturated carbocycles. The molecule has 1 aliphatic carbocycles. The minimum absolute atomic E-state index is 0.467. The van der Waals surface area contributed by atoms with Gasteiger partial charge in [-0.3, -0.25) is 4.72 Å². The fraction of sp³-hybridized carbons (Fsp3) is 0.571. The monoisotopic (exact) mass is 297 g/mol. The zero-order valence-corrected chi connectivity index (χ0v) is 12.9. The first-order valence-corrected chi connectivity index (χ1v) is 8.59. The number of nitrogens with zero attached hydrogens (tertiary/aromatic N) is 1. The Balaban J connectivity index is 2.02. The maximum atomic E-state index is 12.1. The Labute approximate surface area is 121 Å². The molecular formula is C14H23N3O2S. The summed E-state index contributed by atoms with van der Waals surface area (Å²) in [6.45, 7) is 5.38. The molecule has 0 aromatic heterocycles. The highest BCUT2D eigenvalue weighted by molar-refractivity contribution is 7.90. The van der Waals surface area contributed by atoms with Crippen molar-refractivity contribution in [1.29, 1.82) is 0 Å². The van der Waals surface area contributed by atoms with E-state index in [0.29, 0.717) is 24.8 Å². The summed E-state index contributed by atoms with van der Waals surface area (Å²) in [5.41, 5.74) is 1.71. The van der Waals surface area contributed by atoms with Crippen LogP contribution in [0.2, 0.25) is 0 Å². The summed E-state index contributed by atoms with van der Waals surface area (Å²) in [7, 11) is -3.45. The van der Waals surface area contributed by atoms with E-state index in [1.165, 1.54) is 17.1 Å². The van der Waals surface area contributed by atoms with E-state index in [1.54, 1.807) is 6.07 Å². The summed E-state index contributed by atoms with van der Waals surface area (Å²) < 4.78 is 28.3. The molecular weight excluding hydrogens is 274 g/mol. The van der Waals surface area contributed by atoms with Crippen molar-refractivity contribution >= 4 is 15.9 Å². The Kier molecular flexibility index (Phi) is 5.01. The minimum atomic E-state index is -3.45. The van der Waals surface area contributed by atoms with Crippen LogP contribution in [0.15, 0.2) is 24.3 Å². The van der Waals surface area contributed by atoms with E-state index in [9.17, 15) is 8.42 Å². The number of hydrogen-bond donors (Lipinski definition) is 2. The number of nitrogens with one attached hydrogen (secondary N) is 2. The molecule has 0 amide bonds. The van der Waals surface area contributed by atoms with Gasteiger partial charge in [0.25, 0.3) is 0 Å². The first-order valence-electron chi connectivity index (χ1n) is 7.15. The highest BCUT2D eigenvalue weighted by Crippen LogP contribution is 2.20. The van der Waals surface area contributed by atoms with Gasteiger partial charge in [-0.15, -0.1) is 0 Å². The molecule has 0 radical (unpaired) electrons. The van der Waals surface area contributed by atoms with Gasteiger partial charge in [-0.25, -0.2) is 0 Å². The largest absolute Gasteiger partial charge is 0.310 e. The highest BCUT2D eigenvalue weighted by atomic mass is 32.2. The third-order valence-corrected chi connectivity index (χ3v) is 5.08. The number of benzene rings is 1. The smallest absolute Gasteiger partial charge is 0.301 e. The van der Waals surface area contributed by atoms with Crippen molar-refractivity contribution in [3.8, 4) is 0 Å². The van der Waals surface area contributed by atoms with Crippen molar-refractivity contribution in [2.75, 3.05) is 17.8 Å². The van der Waals surface area contributed by atoms with Gasteiger partial charge in [-0.05, 0) is 30.5 Å². The van der Waals surface area contributed by atoms with Crippen molar-refractivity contribution in [2.45, 2.75) is 39.3 Å². The van der Waals surface area contributed by atoms with Gasteiger partial charge in [-0.2, -0.15) is 12.7 Å². The molecule has 1 fully saturated rings. The van der Waals surface area contributed by atoms with Crippen LogP contribution < -0.4 is 10.0 Å². The van der Waals surface area contributed by atoms with Gasteiger partial charge < -0.3 is 5.32 Å². The molecule has 1 aromatic carbocycles. The average Bonchev–Trinajstić information content (AvgIpc) is 3.21. The third kappa shape index (κ3) is 4.19. The predicted octanol–water partition coefficient (Wildman–Crippen LogP) is 1.94. The molecule has 1 aliphatic rings. The zero-order valence-electron chi connectivity index (χ0n) is 12.1. The lowest BCUT2D eigenvalue weighted by Gasteiger charge is -2.19. The molecule has 0 bridgehead atoms. The molecule has 0 aliphatic heterocycles. The van der Waals surface area contributed by atoms with Crippen LogP contribution in [0, 0.1) is 0 Å². The summed E-state index contributed by atoms with van der Waals surface area (Å²) in [6, 6.07) is 8.19. The molecule has 112 valence electrons. The zero-order chi connectivity index (χ0) is 14.6. The highest BCUT2D eigenvalue weighted by Gasteiger charge is 2.20. The lowest BCUT2D eigenvalue weighted by molar-refractivity contribution is 0.449. The van der Waals surface area contributed by atoms with Gasteiger partial charge >= 0.3 is 10.2 Å². The maximum Gasteiger partial charge on any atom is 0.301 e. The predicted molar refractivity (Wildman–Crippen MR) is 81.8 cm³/mol. The average molecular weight is 297 g/mol. The number of rotatable bonds is 8. The molecule has 1 aromatic rings. The van der Waals surface area contributed by atoms with Crippen LogP contribution in [-0.4, -0.2) is 31.9 Å². The molecule has 0 unspecified atom stereocenters. The Bertz CT molecular complexity index is 537. The van der Waals surface area contributed by atoms with Crippen LogP contribution in [0.3, 0.4) is 0 Å². The molecule has 6 heteroatoms. The molecule has 2 N–H and O–H groups in total. The quantitative estimate of drug-likeness (QED) is 0.771. The van der Waals surface area contributed by atoms with Crippen LogP contribution in [0.4, 0.5) is 5.69 Å². The molecule has 0 saturated heterocycles. The standard InChI is InChI=1S/C14H23N3O2S/c1-3-17(4-2)20(18,19)16-14-7-5-6-12(10-14)11-15-13-8-9-13/h5-7,10,13,15-16H,3-4,8-9,11H2,1-2H3. The van der Waals surface area contributed by atoms with Crippen LogP contribution in [0.1, 0.15) is 32.3 Å². The fourth-order valence-electron chi connectivity index (χ4n) is 2.07. The van der Waals surface area contributed by atoms with Crippen LogP contribution >= 0.6 is 0 Å². The SMILES string of the molecule is CCN(CC)S(=O)(=O)Nc1cccc(CNC2CC2)c1. The first-order chi connectivity index (χ1) is 9.55. The second kappa shape index (κ2) is 6.56. The second-order valence-corrected chi connectivity index (χ2v) is 6.72. The van der Waals surface area contributed by atoms with E-state index in [-0.39, 0.29) is 0 Å². The summed E-state index contributed by atoms with van der Waals surface area (Å²) in [5, 5.41) is 3.42. The number of anilines is 1. The van der Waals surface area contributed by atoms with Crippen molar-refractivity contribution in [3.05, 3.63) is 29.8 Å². The van der Waals surface area contributed by atoms with Crippen LogP contribution in [0.5, 0.6) is 0 Å². The van der Waals surface area contributed by atoms with Gasteiger partial charge in [0.15, 0.2) is 0 Å². The minimum Gasteiger partial charge on any atom is -0.310 e. The van der Waals surface area contributed by atoms with Gasteiger partial charge in [0.05, 0.1) is 5.69 Å². The van der Waals surface area contributed by atoms with Gasteiger partial charge in [-0.1, -0.05) is 26.0 Å². The molecule has 20 heavy (non-hydrogen) atoms. The Morgan fingerprint density at radius 3 is 2.55 bits per heavy atom. The van der Waals surface area contributed by atoms with Crippen molar-refractivity contribution in [2.24, 2.45) is 0 Å². The molecule has 5 nitrogen and oxygen atoms in total. The van der Waals surface area contributed by atoms with Crippen molar-refractivity contribution in [1.82, 2.24) is 9.62 Å². The van der Waals surface area contributed by atoms with E-state index in [1.807, 2.05) is 32.0 Å². The maximum absolute atomic E-state index is 12.1. The lowest BCUT2D eigenvalue weighted by Crippen LogP contribution is -2.35. The number of hydrogen-bond acceptors (Lipinski definition) is 3. The third-order valence-electron chi connectivity index (χ3n) is 3.39. The Morgan fingerprint density at radius 1 is 1.25 bits per heavy atom. The first kappa shape index (κ1) is 15.3. The lowest BCUT2D eigenvalue weighted by atomic mass is 10.2. The van der Waals surface area contributed by atoms with Crippen molar-refractivity contribution in [3.63, 3.8) is 0 Å². The second-order valence-electron chi connectivity index (χ2n) is 5.05. The van der Waals surface area contributed by atoms with E-state index in [0.717, 1.165) is 12.1 Å². The Morgan fingerprint density at radius 2 is 1.95 bits per heavy atom. The summed E-state index contributed by atoms with van der Waals surface area (Å²) in [6.07, 6.45) is 2.49. The molecule has 0 spiro atoms. The van der Waals surface area contributed by atoms with Crippen molar-refractivity contribution < 1.29 is 8.42 Å². The summed E-state index contributed by atoms with van der Waals surface area (Å²) in [4.78, 5) is 0. The van der Waals surface area contributed by atoms with Gasteiger partial charge in [0.1, 0.15) is 0 Å². The molecule has 0 heterocycles. The fourth-order valence-corrected chi connectivity index (χ4v) is 3.31. The summed E-state index contributed by atoms with van der Waals surface area (Å²) >= 11 is 0. The van der Waals surface area contributed by atoms with E-state index < -0.39 is 10.2 Å². The van der Waals surface area contributed by atoms with E-state index in [4.69, 9.17) is 0 Å². The van der Waals surface area contributed by atoms with E-state index in [2.05, 4.69) is 10.0 Å². The van der Waals surface area contributed by atoms with E-state index >= 15 is 0 Å². The normalized spacial score (nSPS) is 15.6. The summed E-state index contributed by atoms with van der Waals surface area (Å²) in [5.74, 6) is 0. The van der Waals surface area contributed by atoms with Crippen LogP contribution in [-0.2, 0) is 16.8 Å². The van der Waals surface area contributed by atoms with Gasteiger partial charge in [0.2, 0.25) is 0 Å². The van der Waals surface area contributed by atoms with Gasteiger partial charge in [0, 0.05) is 25.7 Å².